The third-order valence-corrected chi connectivity index (χ3v) is 6.01. The summed E-state index contributed by atoms with van der Waals surface area (Å²) in [5.41, 5.74) is 1.69. The first-order chi connectivity index (χ1) is 10.4. The fraction of sp³-hybridized carbons (Fsp3) is 0.588. The van der Waals surface area contributed by atoms with Crippen LogP contribution in [0.2, 0.25) is 0 Å². The average molecular weight is 321 g/mol. The predicted molar refractivity (Wildman–Crippen MR) is 87.9 cm³/mol. The maximum absolute atomic E-state index is 12.9. The van der Waals surface area contributed by atoms with Crippen molar-refractivity contribution >= 4 is 16.7 Å². The lowest BCUT2D eigenvalue weighted by Gasteiger charge is -2.23. The summed E-state index contributed by atoms with van der Waals surface area (Å²) in [6, 6.07) is 5.82. The summed E-state index contributed by atoms with van der Waals surface area (Å²) >= 11 is 0. The first-order valence-electron chi connectivity index (χ1n) is 7.79. The molecular formula is C17H23NO3S. The van der Waals surface area contributed by atoms with Gasteiger partial charge in [-0.1, -0.05) is 32.9 Å². The number of carbonyl (C=O) groups is 1. The molecular weight excluding hydrogens is 298 g/mol. The standard InChI is InChI=1S/C17H23NO3S/c1-12-9-18(7-8-22(20)10-12)16(19)13-5-4-6-14-15(13)21-11-17(14,2)3/h4-6,12H,7-11H2,1-3H3/t12-,22+/m1/s1. The Kier molecular flexibility index (Phi) is 4.02. The van der Waals surface area contributed by atoms with E-state index in [-0.39, 0.29) is 17.2 Å². The molecule has 1 fully saturated rings. The normalized spacial score (nSPS) is 27.0. The molecule has 1 amide bonds. The van der Waals surface area contributed by atoms with Crippen molar-refractivity contribution in [2.75, 3.05) is 31.2 Å². The molecule has 1 aromatic carbocycles. The van der Waals surface area contributed by atoms with E-state index in [1.807, 2.05) is 23.1 Å². The lowest BCUT2D eigenvalue weighted by atomic mass is 9.86. The molecule has 2 aliphatic heterocycles. The van der Waals surface area contributed by atoms with Crippen LogP contribution in [0.15, 0.2) is 18.2 Å². The van der Waals surface area contributed by atoms with Crippen molar-refractivity contribution < 1.29 is 13.7 Å². The molecule has 2 atom stereocenters. The van der Waals surface area contributed by atoms with Crippen LogP contribution in [-0.4, -0.2) is 46.2 Å². The second-order valence-corrected chi connectivity index (χ2v) is 8.64. The molecule has 120 valence electrons. The average Bonchev–Trinajstić information content (AvgIpc) is 2.67. The van der Waals surface area contributed by atoms with Crippen LogP contribution in [0.4, 0.5) is 0 Å². The zero-order valence-corrected chi connectivity index (χ0v) is 14.2. The lowest BCUT2D eigenvalue weighted by molar-refractivity contribution is 0.0748. The highest BCUT2D eigenvalue weighted by Crippen LogP contribution is 2.40. The molecule has 5 heteroatoms. The minimum atomic E-state index is -0.818. The van der Waals surface area contributed by atoms with E-state index < -0.39 is 10.8 Å². The topological polar surface area (TPSA) is 46.6 Å². The minimum absolute atomic E-state index is 0.000278. The Morgan fingerprint density at radius 3 is 2.95 bits per heavy atom. The summed E-state index contributed by atoms with van der Waals surface area (Å²) in [7, 11) is -0.818. The quantitative estimate of drug-likeness (QED) is 0.796. The van der Waals surface area contributed by atoms with Crippen molar-refractivity contribution in [1.82, 2.24) is 4.90 Å². The number of rotatable bonds is 1. The summed E-state index contributed by atoms with van der Waals surface area (Å²) in [6.45, 7) is 8.14. The Labute approximate surface area is 134 Å². The van der Waals surface area contributed by atoms with E-state index >= 15 is 0 Å². The first kappa shape index (κ1) is 15.5. The number of hydrogen-bond donors (Lipinski definition) is 0. The highest BCUT2D eigenvalue weighted by molar-refractivity contribution is 7.85. The summed E-state index contributed by atoms with van der Waals surface area (Å²) in [4.78, 5) is 14.8. The number of nitrogens with zero attached hydrogens (tertiary/aromatic N) is 1. The fourth-order valence-electron chi connectivity index (χ4n) is 3.21. The van der Waals surface area contributed by atoms with Crippen LogP contribution in [0.25, 0.3) is 0 Å². The summed E-state index contributed by atoms with van der Waals surface area (Å²) in [5.74, 6) is 2.25. The molecule has 0 bridgehead atoms. The second kappa shape index (κ2) is 5.69. The number of carbonyl (C=O) groups excluding carboxylic acids is 1. The van der Waals surface area contributed by atoms with Crippen molar-refractivity contribution in [1.29, 1.82) is 0 Å². The molecule has 0 radical (unpaired) electrons. The van der Waals surface area contributed by atoms with Crippen molar-refractivity contribution in [3.05, 3.63) is 29.3 Å². The molecule has 0 unspecified atom stereocenters. The van der Waals surface area contributed by atoms with Gasteiger partial charge in [0.25, 0.3) is 5.91 Å². The number of amides is 1. The third kappa shape index (κ3) is 2.78. The Hall–Kier alpha value is -1.36. The zero-order valence-electron chi connectivity index (χ0n) is 13.4. The maximum atomic E-state index is 12.9. The van der Waals surface area contributed by atoms with Crippen LogP contribution in [-0.2, 0) is 16.2 Å². The molecule has 2 heterocycles. The van der Waals surface area contributed by atoms with Crippen LogP contribution >= 0.6 is 0 Å². The molecule has 0 aromatic heterocycles. The number of para-hydroxylation sites is 1. The molecule has 3 rings (SSSR count). The van der Waals surface area contributed by atoms with Gasteiger partial charge in [-0.05, 0) is 12.0 Å². The van der Waals surface area contributed by atoms with Gasteiger partial charge in [-0.25, -0.2) is 0 Å². The van der Waals surface area contributed by atoms with Gasteiger partial charge in [0.2, 0.25) is 0 Å². The predicted octanol–water partition coefficient (Wildman–Crippen LogP) is 2.20. The third-order valence-electron chi connectivity index (χ3n) is 4.43. The number of benzene rings is 1. The van der Waals surface area contributed by atoms with Crippen LogP contribution in [0.1, 0.15) is 36.7 Å². The van der Waals surface area contributed by atoms with E-state index in [0.29, 0.717) is 36.8 Å². The second-order valence-electron chi connectivity index (χ2n) is 7.02. The smallest absolute Gasteiger partial charge is 0.257 e. The van der Waals surface area contributed by atoms with Crippen molar-refractivity contribution in [2.45, 2.75) is 26.2 Å². The Balaban J connectivity index is 1.90. The van der Waals surface area contributed by atoms with Gasteiger partial charge in [0.05, 0.1) is 12.2 Å². The number of ether oxygens (including phenoxy) is 1. The zero-order chi connectivity index (χ0) is 15.9. The molecule has 1 saturated heterocycles. The van der Waals surface area contributed by atoms with Crippen molar-refractivity contribution in [3.63, 3.8) is 0 Å². The van der Waals surface area contributed by atoms with Gasteiger partial charge in [-0.15, -0.1) is 0 Å². The van der Waals surface area contributed by atoms with Gasteiger partial charge in [-0.3, -0.25) is 9.00 Å². The minimum Gasteiger partial charge on any atom is -0.492 e. The number of fused-ring (bicyclic) bond motifs is 1. The summed E-state index contributed by atoms with van der Waals surface area (Å²) < 4.78 is 17.6. The summed E-state index contributed by atoms with van der Waals surface area (Å²) in [6.07, 6.45) is 0. The molecule has 0 N–H and O–H groups in total. The largest absolute Gasteiger partial charge is 0.492 e. The molecule has 4 nitrogen and oxygen atoms in total. The molecule has 2 aliphatic rings. The van der Waals surface area contributed by atoms with Crippen LogP contribution in [0.3, 0.4) is 0 Å². The summed E-state index contributed by atoms with van der Waals surface area (Å²) in [5, 5.41) is 0. The van der Waals surface area contributed by atoms with Gasteiger partial charge in [0.1, 0.15) is 5.75 Å². The molecule has 0 aliphatic carbocycles. The van der Waals surface area contributed by atoms with Gasteiger partial charge >= 0.3 is 0 Å². The number of hydrogen-bond acceptors (Lipinski definition) is 3. The monoisotopic (exact) mass is 321 g/mol. The van der Waals surface area contributed by atoms with E-state index in [0.717, 1.165) is 11.3 Å². The lowest BCUT2D eigenvalue weighted by Crippen LogP contribution is -2.35. The van der Waals surface area contributed by atoms with Crippen LogP contribution < -0.4 is 4.74 Å². The van der Waals surface area contributed by atoms with Crippen LogP contribution in [0, 0.1) is 5.92 Å². The van der Waals surface area contributed by atoms with Gasteiger partial charge in [0.15, 0.2) is 0 Å². The van der Waals surface area contributed by atoms with Crippen molar-refractivity contribution in [2.24, 2.45) is 5.92 Å². The van der Waals surface area contributed by atoms with E-state index in [1.54, 1.807) is 0 Å². The van der Waals surface area contributed by atoms with Crippen molar-refractivity contribution in [3.8, 4) is 5.75 Å². The van der Waals surface area contributed by atoms with E-state index in [9.17, 15) is 9.00 Å². The van der Waals surface area contributed by atoms with E-state index in [2.05, 4.69) is 20.8 Å². The molecule has 1 aromatic rings. The van der Waals surface area contributed by atoms with E-state index in [4.69, 9.17) is 4.74 Å². The first-order valence-corrected chi connectivity index (χ1v) is 9.28. The van der Waals surface area contributed by atoms with Gasteiger partial charge in [0, 0.05) is 46.4 Å². The fourth-order valence-corrected chi connectivity index (χ4v) is 4.54. The molecule has 0 saturated carbocycles. The van der Waals surface area contributed by atoms with E-state index in [1.165, 1.54) is 0 Å². The van der Waals surface area contributed by atoms with Gasteiger partial charge < -0.3 is 9.64 Å². The Bertz CT molecular complexity index is 626. The Morgan fingerprint density at radius 2 is 2.18 bits per heavy atom. The van der Waals surface area contributed by atoms with Crippen LogP contribution in [0.5, 0.6) is 5.75 Å². The maximum Gasteiger partial charge on any atom is 0.257 e. The highest BCUT2D eigenvalue weighted by Gasteiger charge is 2.35. The van der Waals surface area contributed by atoms with Gasteiger partial charge in [-0.2, -0.15) is 0 Å². The highest BCUT2D eigenvalue weighted by atomic mass is 32.2. The SMILES string of the molecule is C[C@@H]1CN(C(=O)c2cccc3c2OCC3(C)C)CC[S@](=O)C1. The Morgan fingerprint density at radius 1 is 1.41 bits per heavy atom. The molecule has 0 spiro atoms. The molecule has 22 heavy (non-hydrogen) atoms.